The molecule has 3 rings (SSSR count). The molecule has 0 radical (unpaired) electrons. The quantitative estimate of drug-likeness (QED) is 0.828. The van der Waals surface area contributed by atoms with Gasteiger partial charge in [-0.3, -0.25) is 4.79 Å². The summed E-state index contributed by atoms with van der Waals surface area (Å²) in [6.07, 6.45) is -2.95. The first-order valence-corrected chi connectivity index (χ1v) is 8.03. The zero-order chi connectivity index (χ0) is 21.1. The van der Waals surface area contributed by atoms with Crippen molar-refractivity contribution < 1.29 is 32.6 Å². The number of carbonyl (C=O) groups excluding carboxylic acids is 2. The highest BCUT2D eigenvalue weighted by atomic mass is 19.4. The Morgan fingerprint density at radius 1 is 1.46 bits per heavy atom. The smallest absolute Gasteiger partial charge is 0.430 e. The van der Waals surface area contributed by atoms with Gasteiger partial charge in [-0.25, -0.2) is 4.98 Å². The minimum atomic E-state index is -5.19. The molecule has 1 aliphatic heterocycles. The van der Waals surface area contributed by atoms with Crippen molar-refractivity contribution in [2.45, 2.75) is 25.2 Å². The number of hydrogen-bond donors (Lipinski definition) is 1. The number of rotatable bonds is 3. The Morgan fingerprint density at radius 3 is 2.61 bits per heavy atom. The van der Waals surface area contributed by atoms with Gasteiger partial charge in [0.05, 0.1) is 7.11 Å². The molecule has 0 unspecified atom stereocenters. The fourth-order valence-corrected chi connectivity index (χ4v) is 2.68. The summed E-state index contributed by atoms with van der Waals surface area (Å²) >= 11 is 0. The van der Waals surface area contributed by atoms with Gasteiger partial charge in [0.1, 0.15) is 17.5 Å². The molecule has 152 valence electrons. The minimum absolute atomic E-state index is 0.128. The number of hydrogen-bond acceptors (Lipinski definition) is 6. The van der Waals surface area contributed by atoms with Crippen LogP contribution in [0.3, 0.4) is 0 Å². The normalized spacial score (nSPS) is 16.7. The van der Waals surface area contributed by atoms with E-state index in [0.29, 0.717) is 31.1 Å². The summed E-state index contributed by atoms with van der Waals surface area (Å²) in [5, 5.41) is 10.6. The molecular weight excluding hydrogens is 381 g/mol. The molecule has 1 amide bonds. The number of aromatic nitrogens is 1. The number of likely N-dealkylation sites (tertiary alicyclic amines) is 1. The number of nitrogens with one attached hydrogen (secondary N) is 1. The molecule has 1 saturated heterocycles. The first-order chi connectivity index (χ1) is 13.0. The monoisotopic (exact) mass is 398 g/mol. The zero-order valence-electron chi connectivity index (χ0n) is 14.7. The number of fused-ring (bicyclic) bond motifs is 1. The van der Waals surface area contributed by atoms with Crippen LogP contribution in [0.25, 0.3) is 16.5 Å². The van der Waals surface area contributed by atoms with Gasteiger partial charge in [-0.05, 0) is 30.0 Å². The number of nitrogen functional groups attached to an aromatic ring is 1. The van der Waals surface area contributed by atoms with Crippen molar-refractivity contribution in [3.8, 4) is 5.75 Å². The van der Waals surface area contributed by atoms with Crippen LogP contribution in [0.4, 0.5) is 19.0 Å². The van der Waals surface area contributed by atoms with Crippen LogP contribution >= 0.6 is 0 Å². The van der Waals surface area contributed by atoms with Gasteiger partial charge in [0.15, 0.2) is 0 Å². The van der Waals surface area contributed by atoms with Gasteiger partial charge in [0, 0.05) is 30.2 Å². The third-order valence-electron chi connectivity index (χ3n) is 4.09. The van der Waals surface area contributed by atoms with E-state index in [0.717, 1.165) is 16.3 Å². The van der Waals surface area contributed by atoms with Crippen LogP contribution < -0.4 is 15.6 Å². The number of carbonyl (C=O) groups is 2. The van der Waals surface area contributed by atoms with Gasteiger partial charge in [-0.15, -0.1) is 0 Å². The maximum atomic E-state index is 11.9. The Morgan fingerprint density at radius 2 is 2.11 bits per heavy atom. The molecule has 28 heavy (non-hydrogen) atoms. The number of benzene rings is 1. The van der Waals surface area contributed by atoms with E-state index in [4.69, 9.17) is 26.1 Å². The van der Waals surface area contributed by atoms with Crippen LogP contribution in [-0.4, -0.2) is 47.6 Å². The Kier molecular flexibility index (Phi) is 6.29. The molecule has 1 atom stereocenters. The van der Waals surface area contributed by atoms with E-state index in [1.54, 1.807) is 18.2 Å². The molecular formula is C17H17F3N4O4-2. The zero-order valence-corrected chi connectivity index (χ0v) is 14.7. The third-order valence-corrected chi connectivity index (χ3v) is 4.09. The molecule has 1 aromatic heterocycles. The van der Waals surface area contributed by atoms with Gasteiger partial charge in [0.2, 0.25) is 5.91 Å². The van der Waals surface area contributed by atoms with Crippen LogP contribution in [0.5, 0.6) is 5.75 Å². The predicted molar refractivity (Wildman–Crippen MR) is 91.9 cm³/mol. The highest BCUT2D eigenvalue weighted by Gasteiger charge is 2.28. The number of methoxy groups -OCH3 is 1. The van der Waals surface area contributed by atoms with Gasteiger partial charge in [0.25, 0.3) is 0 Å². The van der Waals surface area contributed by atoms with Crippen LogP contribution in [0, 0.1) is 0 Å². The molecule has 0 saturated carbocycles. The standard InChI is InChI=1S/C15H17N4O2.C2HF3O2/c1-21-13-7-9-2-4-18-14(17)11(9)6-10(13)8-19-5-3-12(16)15(19)20;3-2(4,5)1(6)7/h2,4,6-7,12,16H,3,5,8H2,1H3,(H2,17,18);(H,6,7)/q-1;/p-1/t12-;/m0./s1. The summed E-state index contributed by atoms with van der Waals surface area (Å²) < 4.78 is 37.0. The van der Waals surface area contributed by atoms with Crippen molar-refractivity contribution in [3.05, 3.63) is 35.7 Å². The molecule has 2 aromatic rings. The fourth-order valence-electron chi connectivity index (χ4n) is 2.68. The number of pyridine rings is 1. The van der Waals surface area contributed by atoms with E-state index in [-0.39, 0.29) is 5.91 Å². The maximum absolute atomic E-state index is 11.9. The number of carboxylic acid groups (broad SMARTS) is 1. The minimum Gasteiger partial charge on any atom is -0.667 e. The summed E-state index contributed by atoms with van der Waals surface area (Å²) in [4.78, 5) is 26.5. The van der Waals surface area contributed by atoms with Crippen molar-refractivity contribution >= 4 is 28.5 Å². The number of carboxylic acids is 1. The van der Waals surface area contributed by atoms with Crippen molar-refractivity contribution in [1.29, 1.82) is 0 Å². The number of alkyl halides is 3. The molecule has 0 bridgehead atoms. The molecule has 0 spiro atoms. The summed E-state index contributed by atoms with van der Waals surface area (Å²) in [7, 11) is 1.61. The van der Waals surface area contributed by atoms with Crippen LogP contribution in [0.1, 0.15) is 12.0 Å². The lowest BCUT2D eigenvalue weighted by atomic mass is 10.1. The molecule has 1 fully saturated rings. The number of nitrogens with zero attached hydrogens (tertiary/aromatic N) is 2. The number of halogens is 3. The van der Waals surface area contributed by atoms with E-state index in [2.05, 4.69) is 4.98 Å². The number of aliphatic carboxylic acids is 1. The lowest BCUT2D eigenvalue weighted by Crippen LogP contribution is -2.37. The first-order valence-electron chi connectivity index (χ1n) is 8.03. The van der Waals surface area contributed by atoms with Crippen molar-refractivity contribution in [2.24, 2.45) is 0 Å². The average molecular weight is 398 g/mol. The summed E-state index contributed by atoms with van der Waals surface area (Å²) in [6.45, 7) is 1.04. The van der Waals surface area contributed by atoms with Gasteiger partial charge >= 0.3 is 6.18 Å². The van der Waals surface area contributed by atoms with E-state index in [1.165, 1.54) is 0 Å². The van der Waals surface area contributed by atoms with E-state index in [1.807, 2.05) is 18.2 Å². The average Bonchev–Trinajstić information content (AvgIpc) is 2.94. The van der Waals surface area contributed by atoms with Gasteiger partial charge in [-0.1, -0.05) is 6.04 Å². The van der Waals surface area contributed by atoms with E-state index < -0.39 is 18.2 Å². The van der Waals surface area contributed by atoms with Gasteiger partial charge in [-0.2, -0.15) is 13.2 Å². The van der Waals surface area contributed by atoms with E-state index >= 15 is 0 Å². The van der Waals surface area contributed by atoms with Crippen LogP contribution in [0.15, 0.2) is 24.4 Å². The molecule has 3 N–H and O–H groups in total. The molecule has 0 aliphatic carbocycles. The number of nitrogens with two attached hydrogens (primary N) is 1. The number of amides is 1. The fraction of sp³-hybridized carbons (Fsp3) is 0.353. The third kappa shape index (κ3) is 4.80. The molecule has 11 heteroatoms. The highest BCUT2D eigenvalue weighted by molar-refractivity contribution is 5.92. The lowest BCUT2D eigenvalue weighted by molar-refractivity contribution is -0.344. The van der Waals surface area contributed by atoms with Gasteiger partial charge < -0.3 is 31.0 Å². The SMILES string of the molecule is COc1cc2ccnc(N)c2cc1CN1CC[C@H]([NH-])C1=O.O=C([O-])C(F)(F)F. The second-order valence-electron chi connectivity index (χ2n) is 5.97. The van der Waals surface area contributed by atoms with E-state index in [9.17, 15) is 18.0 Å². The Hall–Kier alpha value is -3.08. The number of anilines is 1. The lowest BCUT2D eigenvalue weighted by Gasteiger charge is -2.20. The molecule has 1 aliphatic rings. The highest BCUT2D eigenvalue weighted by Crippen LogP contribution is 2.30. The Bertz CT molecular complexity index is 889. The van der Waals surface area contributed by atoms with Crippen molar-refractivity contribution in [3.63, 3.8) is 0 Å². The molecule has 8 nitrogen and oxygen atoms in total. The summed E-state index contributed by atoms with van der Waals surface area (Å²) in [5.74, 6) is -1.96. The predicted octanol–water partition coefficient (Wildman–Crippen LogP) is 1.28. The molecule has 2 heterocycles. The Labute approximate surface area is 157 Å². The summed E-state index contributed by atoms with van der Waals surface area (Å²) in [6, 6.07) is 5.06. The first kappa shape index (κ1) is 21.2. The largest absolute Gasteiger partial charge is 0.667 e. The van der Waals surface area contributed by atoms with Crippen LogP contribution in [0.2, 0.25) is 0 Å². The van der Waals surface area contributed by atoms with Crippen LogP contribution in [-0.2, 0) is 16.1 Å². The number of ether oxygens (including phenoxy) is 1. The molecule has 1 aromatic carbocycles. The summed E-state index contributed by atoms with van der Waals surface area (Å²) in [5.41, 5.74) is 14.4. The van der Waals surface area contributed by atoms with Crippen molar-refractivity contribution in [1.82, 2.24) is 9.88 Å². The topological polar surface area (TPSA) is 132 Å². The van der Waals surface area contributed by atoms with Crippen molar-refractivity contribution in [2.75, 3.05) is 19.4 Å². The second-order valence-corrected chi connectivity index (χ2v) is 5.97. The maximum Gasteiger partial charge on any atom is 0.430 e. The second kappa shape index (κ2) is 8.30. The Balaban J connectivity index is 0.000000345.